The standard InChI is InChI=1S/C15H20F2O/c1-9-6-13(17)11(8-12(9)16)14(18)7-10(2)15(3,4)5/h6,8,10H,7H2,1-5H3. The minimum Gasteiger partial charge on any atom is -0.294 e. The molecule has 3 heteroatoms. The number of aryl methyl sites for hydroxylation is 1. The molecule has 1 aromatic carbocycles. The minimum atomic E-state index is -0.639. The molecule has 0 aliphatic rings. The number of halogens is 2. The normalized spacial score (nSPS) is 13.5. The van der Waals surface area contributed by atoms with Crippen molar-refractivity contribution in [2.24, 2.45) is 11.3 Å². The van der Waals surface area contributed by atoms with Crippen LogP contribution in [-0.2, 0) is 0 Å². The van der Waals surface area contributed by atoms with Crippen LogP contribution < -0.4 is 0 Å². The summed E-state index contributed by atoms with van der Waals surface area (Å²) in [7, 11) is 0. The fraction of sp³-hybridized carbons (Fsp3) is 0.533. The molecule has 0 spiro atoms. The van der Waals surface area contributed by atoms with Gasteiger partial charge in [-0.05, 0) is 36.0 Å². The Labute approximate surface area is 107 Å². The smallest absolute Gasteiger partial charge is 0.166 e. The van der Waals surface area contributed by atoms with Gasteiger partial charge < -0.3 is 0 Å². The van der Waals surface area contributed by atoms with Gasteiger partial charge in [0, 0.05) is 6.42 Å². The van der Waals surface area contributed by atoms with Crippen LogP contribution in [0.25, 0.3) is 0 Å². The van der Waals surface area contributed by atoms with Crippen LogP contribution in [0.3, 0.4) is 0 Å². The number of carbonyl (C=O) groups excluding carboxylic acids is 1. The zero-order valence-electron chi connectivity index (χ0n) is 11.6. The highest BCUT2D eigenvalue weighted by Crippen LogP contribution is 2.29. The molecule has 0 saturated heterocycles. The summed E-state index contributed by atoms with van der Waals surface area (Å²) in [5.41, 5.74) is 0.0390. The molecule has 0 radical (unpaired) electrons. The van der Waals surface area contributed by atoms with E-state index in [4.69, 9.17) is 0 Å². The molecule has 0 aromatic heterocycles. The molecule has 18 heavy (non-hydrogen) atoms. The zero-order valence-corrected chi connectivity index (χ0v) is 11.6. The number of hydrogen-bond donors (Lipinski definition) is 0. The lowest BCUT2D eigenvalue weighted by Crippen LogP contribution is -2.21. The van der Waals surface area contributed by atoms with Crippen molar-refractivity contribution in [2.45, 2.75) is 41.0 Å². The van der Waals surface area contributed by atoms with Gasteiger partial charge in [-0.15, -0.1) is 0 Å². The van der Waals surface area contributed by atoms with Gasteiger partial charge in [-0.25, -0.2) is 8.78 Å². The average Bonchev–Trinajstić information content (AvgIpc) is 2.21. The van der Waals surface area contributed by atoms with Crippen LogP contribution in [0.2, 0.25) is 0 Å². The Balaban J connectivity index is 2.95. The second-order valence-corrected chi connectivity index (χ2v) is 5.98. The van der Waals surface area contributed by atoms with Crippen molar-refractivity contribution in [3.8, 4) is 0 Å². The molecule has 0 N–H and O–H groups in total. The first kappa shape index (κ1) is 14.8. The third-order valence-corrected chi connectivity index (χ3v) is 3.52. The van der Waals surface area contributed by atoms with Crippen molar-refractivity contribution in [1.82, 2.24) is 0 Å². The summed E-state index contributed by atoms with van der Waals surface area (Å²) in [4.78, 5) is 12.0. The number of benzene rings is 1. The molecule has 0 saturated carbocycles. The highest BCUT2D eigenvalue weighted by atomic mass is 19.1. The van der Waals surface area contributed by atoms with Gasteiger partial charge in [0.1, 0.15) is 11.6 Å². The molecule has 0 heterocycles. The molecule has 1 aromatic rings. The lowest BCUT2D eigenvalue weighted by atomic mass is 9.78. The summed E-state index contributed by atoms with van der Waals surface area (Å²) in [6.07, 6.45) is 0.225. The Morgan fingerprint density at radius 3 is 2.28 bits per heavy atom. The van der Waals surface area contributed by atoms with Gasteiger partial charge in [-0.2, -0.15) is 0 Å². The third-order valence-electron chi connectivity index (χ3n) is 3.52. The molecule has 1 rings (SSSR count). The topological polar surface area (TPSA) is 17.1 Å². The predicted molar refractivity (Wildman–Crippen MR) is 68.7 cm³/mol. The molecule has 0 aliphatic carbocycles. The van der Waals surface area contributed by atoms with Crippen LogP contribution in [0.5, 0.6) is 0 Å². The maximum Gasteiger partial charge on any atom is 0.166 e. The van der Waals surface area contributed by atoms with E-state index in [-0.39, 0.29) is 34.7 Å². The van der Waals surface area contributed by atoms with Crippen LogP contribution in [-0.4, -0.2) is 5.78 Å². The Hall–Kier alpha value is -1.25. The van der Waals surface area contributed by atoms with E-state index in [9.17, 15) is 13.6 Å². The number of carbonyl (C=O) groups is 1. The quantitative estimate of drug-likeness (QED) is 0.724. The van der Waals surface area contributed by atoms with Crippen LogP contribution in [0.4, 0.5) is 8.78 Å². The Morgan fingerprint density at radius 2 is 1.78 bits per heavy atom. The fourth-order valence-electron chi connectivity index (χ4n) is 1.55. The zero-order chi connectivity index (χ0) is 14.1. The van der Waals surface area contributed by atoms with Gasteiger partial charge in [0.15, 0.2) is 5.78 Å². The van der Waals surface area contributed by atoms with Crippen molar-refractivity contribution in [3.63, 3.8) is 0 Å². The summed E-state index contributed by atoms with van der Waals surface area (Å²) in [5, 5.41) is 0. The average molecular weight is 254 g/mol. The highest BCUT2D eigenvalue weighted by molar-refractivity contribution is 5.96. The van der Waals surface area contributed by atoms with Gasteiger partial charge in [0.2, 0.25) is 0 Å². The van der Waals surface area contributed by atoms with Crippen LogP contribution >= 0.6 is 0 Å². The Kier molecular flexibility index (Phi) is 4.25. The van der Waals surface area contributed by atoms with E-state index in [1.54, 1.807) is 0 Å². The summed E-state index contributed by atoms with van der Waals surface area (Å²) < 4.78 is 27.0. The molecule has 100 valence electrons. The number of Topliss-reactive ketones (excluding diaryl/α,β-unsaturated/α-hetero) is 1. The SMILES string of the molecule is Cc1cc(F)c(C(=O)CC(C)C(C)(C)C)cc1F. The Bertz CT molecular complexity index is 458. The maximum atomic E-state index is 13.6. The van der Waals surface area contributed by atoms with Gasteiger partial charge in [-0.1, -0.05) is 27.7 Å². The van der Waals surface area contributed by atoms with E-state index < -0.39 is 11.6 Å². The number of rotatable bonds is 3. The monoisotopic (exact) mass is 254 g/mol. The first-order chi connectivity index (χ1) is 8.12. The van der Waals surface area contributed by atoms with Crippen molar-refractivity contribution in [2.75, 3.05) is 0 Å². The first-order valence-electron chi connectivity index (χ1n) is 6.11. The summed E-state index contributed by atoms with van der Waals surface area (Å²) in [6, 6.07) is 2.08. The van der Waals surface area contributed by atoms with Crippen molar-refractivity contribution >= 4 is 5.78 Å². The summed E-state index contributed by atoms with van der Waals surface area (Å²) in [5.74, 6) is -1.41. The summed E-state index contributed by atoms with van der Waals surface area (Å²) in [6.45, 7) is 9.50. The molecule has 0 bridgehead atoms. The second-order valence-electron chi connectivity index (χ2n) is 5.98. The van der Waals surface area contributed by atoms with Crippen LogP contribution in [0.15, 0.2) is 12.1 Å². The third kappa shape index (κ3) is 3.37. The molecule has 1 nitrogen and oxygen atoms in total. The number of ketones is 1. The van der Waals surface area contributed by atoms with Crippen molar-refractivity contribution in [1.29, 1.82) is 0 Å². The van der Waals surface area contributed by atoms with E-state index in [1.165, 1.54) is 6.92 Å². The molecule has 1 atom stereocenters. The largest absolute Gasteiger partial charge is 0.294 e. The molecule has 0 aliphatic heterocycles. The molecule has 1 unspecified atom stereocenters. The van der Waals surface area contributed by atoms with Gasteiger partial charge >= 0.3 is 0 Å². The van der Waals surface area contributed by atoms with Gasteiger partial charge in [0.25, 0.3) is 0 Å². The van der Waals surface area contributed by atoms with E-state index in [2.05, 4.69) is 0 Å². The van der Waals surface area contributed by atoms with E-state index in [1.807, 2.05) is 27.7 Å². The molecular weight excluding hydrogens is 234 g/mol. The van der Waals surface area contributed by atoms with Gasteiger partial charge in [-0.3, -0.25) is 4.79 Å². The van der Waals surface area contributed by atoms with Crippen molar-refractivity contribution < 1.29 is 13.6 Å². The van der Waals surface area contributed by atoms with Gasteiger partial charge in [0.05, 0.1) is 5.56 Å². The fourth-order valence-corrected chi connectivity index (χ4v) is 1.55. The maximum absolute atomic E-state index is 13.6. The van der Waals surface area contributed by atoms with Crippen molar-refractivity contribution in [3.05, 3.63) is 34.9 Å². The molecule has 0 amide bonds. The molecular formula is C15H20F2O. The van der Waals surface area contributed by atoms with E-state index >= 15 is 0 Å². The second kappa shape index (κ2) is 5.17. The highest BCUT2D eigenvalue weighted by Gasteiger charge is 2.24. The van der Waals surface area contributed by atoms with Crippen LogP contribution in [0, 0.1) is 29.9 Å². The van der Waals surface area contributed by atoms with Crippen LogP contribution in [0.1, 0.15) is 50.0 Å². The number of hydrogen-bond acceptors (Lipinski definition) is 1. The Morgan fingerprint density at radius 1 is 1.22 bits per heavy atom. The predicted octanol–water partition coefficient (Wildman–Crippen LogP) is 4.53. The lowest BCUT2D eigenvalue weighted by Gasteiger charge is -2.26. The van der Waals surface area contributed by atoms with E-state index in [0.29, 0.717) is 0 Å². The first-order valence-corrected chi connectivity index (χ1v) is 6.11. The lowest BCUT2D eigenvalue weighted by molar-refractivity contribution is 0.0922. The van der Waals surface area contributed by atoms with E-state index in [0.717, 1.165) is 12.1 Å². The minimum absolute atomic E-state index is 0.0324. The molecule has 0 fully saturated rings. The summed E-state index contributed by atoms with van der Waals surface area (Å²) >= 11 is 0.